The number of hydrogen-bond acceptors (Lipinski definition) is 6. The van der Waals surface area contributed by atoms with E-state index in [0.717, 1.165) is 18.4 Å². The molecule has 36 heavy (non-hydrogen) atoms. The van der Waals surface area contributed by atoms with Crippen LogP contribution in [0.1, 0.15) is 87.5 Å². The second kappa shape index (κ2) is 7.74. The molecule has 0 spiro atoms. The maximum Gasteiger partial charge on any atom is 0.140 e. The molecule has 0 amide bonds. The molecule has 1 heterocycles. The van der Waals surface area contributed by atoms with Gasteiger partial charge in [0, 0.05) is 35.5 Å². The van der Waals surface area contributed by atoms with Gasteiger partial charge in [0.05, 0.1) is 30.0 Å². The molecule has 1 saturated heterocycles. The summed E-state index contributed by atoms with van der Waals surface area (Å²) >= 11 is 0. The van der Waals surface area contributed by atoms with E-state index in [1.54, 1.807) is 13.8 Å². The van der Waals surface area contributed by atoms with E-state index >= 15 is 0 Å². The quantitative estimate of drug-likeness (QED) is 0.471. The van der Waals surface area contributed by atoms with E-state index < -0.39 is 40.2 Å². The zero-order valence-corrected chi connectivity index (χ0v) is 23.3. The van der Waals surface area contributed by atoms with Crippen LogP contribution in [0.5, 0.6) is 0 Å². The molecule has 0 aromatic rings. The fourth-order valence-corrected chi connectivity index (χ4v) is 9.82. The number of aliphatic hydroxyl groups is 3. The third kappa shape index (κ3) is 3.17. The summed E-state index contributed by atoms with van der Waals surface area (Å²) in [5.74, 6) is -0.0818. The van der Waals surface area contributed by atoms with Gasteiger partial charge < -0.3 is 20.1 Å². The normalized spacial score (nSPS) is 52.5. The highest BCUT2D eigenvalue weighted by molar-refractivity contribution is 5.89. The molecule has 1 aliphatic heterocycles. The highest BCUT2D eigenvalue weighted by Crippen LogP contribution is 2.74. The summed E-state index contributed by atoms with van der Waals surface area (Å²) in [7, 11) is 0. The average molecular weight is 503 g/mol. The number of carbonyl (C=O) groups is 2. The van der Waals surface area contributed by atoms with E-state index in [1.807, 2.05) is 20.8 Å². The Morgan fingerprint density at radius 1 is 1.06 bits per heavy atom. The number of aliphatic hydroxyl groups excluding tert-OH is 2. The van der Waals surface area contributed by atoms with E-state index in [1.165, 1.54) is 0 Å². The maximum atomic E-state index is 14.3. The Balaban J connectivity index is 1.61. The molecule has 202 valence electrons. The molecular weight excluding hydrogens is 456 g/mol. The lowest BCUT2D eigenvalue weighted by atomic mass is 9.38. The van der Waals surface area contributed by atoms with E-state index in [0.29, 0.717) is 12.8 Å². The van der Waals surface area contributed by atoms with Crippen molar-refractivity contribution >= 4 is 11.6 Å². The Labute approximate surface area is 215 Å². The minimum Gasteiger partial charge on any atom is -0.390 e. The van der Waals surface area contributed by atoms with Gasteiger partial charge in [-0.3, -0.25) is 9.59 Å². The predicted octanol–water partition coefficient (Wildman–Crippen LogP) is 3.85. The third-order valence-electron chi connectivity index (χ3n) is 12.2. The van der Waals surface area contributed by atoms with Crippen LogP contribution in [-0.4, -0.2) is 56.9 Å². The molecule has 11 atom stereocenters. The fraction of sp³-hybridized carbons (Fsp3) is 0.867. The molecule has 5 aliphatic rings. The average Bonchev–Trinajstić information content (AvgIpc) is 2.88. The highest BCUT2D eigenvalue weighted by atomic mass is 16.5. The molecule has 4 fully saturated rings. The van der Waals surface area contributed by atoms with Gasteiger partial charge in [0.25, 0.3) is 0 Å². The summed E-state index contributed by atoms with van der Waals surface area (Å²) in [5.41, 5.74) is -1.93. The first kappa shape index (κ1) is 26.5. The Hall–Kier alpha value is -1.08. The standard InChI is InChI=1S/C30H46O6/c1-15-18(31)12-23(27(4,5)35)36-20-13-28(6)21-10-9-16-17(11-19(32)25(34)26(16,2)3)30(21,8)22(33)14-29(28,7)24(15)20/h9,15,17,19-21,23-25,32,34-35H,10-14H2,1-8H3. The van der Waals surface area contributed by atoms with Gasteiger partial charge in [-0.05, 0) is 55.8 Å². The monoisotopic (exact) mass is 502 g/mol. The highest BCUT2D eigenvalue weighted by Gasteiger charge is 2.73. The van der Waals surface area contributed by atoms with Crippen LogP contribution in [0.25, 0.3) is 0 Å². The molecule has 11 unspecified atom stereocenters. The smallest absolute Gasteiger partial charge is 0.140 e. The molecule has 0 radical (unpaired) electrons. The minimum atomic E-state index is -1.13. The van der Waals surface area contributed by atoms with Gasteiger partial charge >= 0.3 is 0 Å². The van der Waals surface area contributed by atoms with Crippen LogP contribution in [0.2, 0.25) is 0 Å². The SMILES string of the molecule is CC1C(=O)CC(C(C)(C)O)OC2CC3(C)C4CC=C5C(CC(O)C(O)C5(C)C)C4(C)C(=O)CC3(C)C21. The van der Waals surface area contributed by atoms with Gasteiger partial charge in [-0.15, -0.1) is 0 Å². The lowest BCUT2D eigenvalue weighted by Crippen LogP contribution is -2.64. The van der Waals surface area contributed by atoms with Gasteiger partial charge in [0.15, 0.2) is 0 Å². The number of hydrogen-bond donors (Lipinski definition) is 3. The van der Waals surface area contributed by atoms with Crippen molar-refractivity contribution in [3.05, 3.63) is 11.6 Å². The molecule has 6 nitrogen and oxygen atoms in total. The van der Waals surface area contributed by atoms with Gasteiger partial charge in [-0.25, -0.2) is 0 Å². The summed E-state index contributed by atoms with van der Waals surface area (Å²) in [5, 5.41) is 32.4. The number of ketones is 2. The molecule has 0 bridgehead atoms. The first-order chi connectivity index (χ1) is 16.4. The molecule has 3 N–H and O–H groups in total. The molecule has 4 aliphatic carbocycles. The molecular formula is C30H46O6. The largest absolute Gasteiger partial charge is 0.390 e. The Morgan fingerprint density at radius 3 is 2.31 bits per heavy atom. The number of rotatable bonds is 1. The zero-order chi connectivity index (χ0) is 26.8. The number of Topliss-reactive ketones (excluding diaryl/α,β-unsaturated/α-hetero) is 2. The second-order valence-corrected chi connectivity index (χ2v) is 14.7. The van der Waals surface area contributed by atoms with Crippen LogP contribution >= 0.6 is 0 Å². The molecule has 0 aromatic carbocycles. The van der Waals surface area contributed by atoms with Crippen molar-refractivity contribution in [3.8, 4) is 0 Å². The zero-order valence-electron chi connectivity index (χ0n) is 23.3. The van der Waals surface area contributed by atoms with Crippen LogP contribution in [0.3, 0.4) is 0 Å². The first-order valence-corrected chi connectivity index (χ1v) is 13.9. The maximum absolute atomic E-state index is 14.3. The lowest BCUT2D eigenvalue weighted by Gasteiger charge is -2.64. The van der Waals surface area contributed by atoms with Crippen molar-refractivity contribution in [1.82, 2.24) is 0 Å². The van der Waals surface area contributed by atoms with Crippen molar-refractivity contribution in [2.45, 2.75) is 118 Å². The number of allylic oxidation sites excluding steroid dienone is 1. The predicted molar refractivity (Wildman–Crippen MR) is 136 cm³/mol. The van der Waals surface area contributed by atoms with Crippen molar-refractivity contribution in [2.24, 2.45) is 45.3 Å². The van der Waals surface area contributed by atoms with Gasteiger partial charge in [-0.1, -0.05) is 53.2 Å². The summed E-state index contributed by atoms with van der Waals surface area (Å²) < 4.78 is 6.61. The minimum absolute atomic E-state index is 0.0432. The van der Waals surface area contributed by atoms with Gasteiger partial charge in [0.2, 0.25) is 0 Å². The van der Waals surface area contributed by atoms with Gasteiger partial charge in [0.1, 0.15) is 11.6 Å². The first-order valence-electron chi connectivity index (χ1n) is 13.9. The second-order valence-electron chi connectivity index (χ2n) is 14.7. The number of ether oxygens (including phenoxy) is 1. The van der Waals surface area contributed by atoms with Gasteiger partial charge in [-0.2, -0.15) is 0 Å². The third-order valence-corrected chi connectivity index (χ3v) is 12.2. The molecule has 3 saturated carbocycles. The summed E-state index contributed by atoms with van der Waals surface area (Å²) in [6.07, 6.45) is 2.23. The number of carbonyl (C=O) groups excluding carboxylic acids is 2. The van der Waals surface area contributed by atoms with Crippen LogP contribution < -0.4 is 0 Å². The summed E-state index contributed by atoms with van der Waals surface area (Å²) in [6, 6.07) is 0. The van der Waals surface area contributed by atoms with E-state index in [2.05, 4.69) is 26.8 Å². The Morgan fingerprint density at radius 2 is 1.69 bits per heavy atom. The lowest BCUT2D eigenvalue weighted by molar-refractivity contribution is -0.177. The van der Waals surface area contributed by atoms with Crippen molar-refractivity contribution in [3.63, 3.8) is 0 Å². The summed E-state index contributed by atoms with van der Waals surface area (Å²) in [4.78, 5) is 27.7. The molecule has 6 heteroatoms. The Bertz CT molecular complexity index is 1010. The molecule has 5 rings (SSSR count). The number of fused-ring (bicyclic) bond motifs is 7. The van der Waals surface area contributed by atoms with Crippen LogP contribution in [-0.2, 0) is 14.3 Å². The fourth-order valence-electron chi connectivity index (χ4n) is 9.82. The van der Waals surface area contributed by atoms with Crippen LogP contribution in [0, 0.1) is 45.3 Å². The molecule has 0 aromatic heterocycles. The van der Waals surface area contributed by atoms with Crippen molar-refractivity contribution in [1.29, 1.82) is 0 Å². The summed E-state index contributed by atoms with van der Waals surface area (Å²) in [6.45, 7) is 16.0. The van der Waals surface area contributed by atoms with Crippen LogP contribution in [0.4, 0.5) is 0 Å². The van der Waals surface area contributed by atoms with Crippen LogP contribution in [0.15, 0.2) is 11.6 Å². The van der Waals surface area contributed by atoms with Crippen molar-refractivity contribution in [2.75, 3.05) is 0 Å². The van der Waals surface area contributed by atoms with E-state index in [-0.39, 0.29) is 53.2 Å². The topological polar surface area (TPSA) is 104 Å². The van der Waals surface area contributed by atoms with E-state index in [9.17, 15) is 24.9 Å². The van der Waals surface area contributed by atoms with Crippen molar-refractivity contribution < 1.29 is 29.6 Å². The van der Waals surface area contributed by atoms with E-state index in [4.69, 9.17) is 4.74 Å². The Kier molecular flexibility index (Phi) is 5.70.